The zero-order valence-electron chi connectivity index (χ0n) is 12.5. The second-order valence-corrected chi connectivity index (χ2v) is 5.44. The van der Waals surface area contributed by atoms with Gasteiger partial charge in [-0.2, -0.15) is 0 Å². The zero-order valence-corrected chi connectivity index (χ0v) is 12.5. The fourth-order valence-electron chi connectivity index (χ4n) is 1.92. The second-order valence-electron chi connectivity index (χ2n) is 5.44. The van der Waals surface area contributed by atoms with Crippen LogP contribution in [0.1, 0.15) is 31.4 Å². The van der Waals surface area contributed by atoms with E-state index in [9.17, 15) is 4.79 Å². The smallest absolute Gasteiger partial charge is 0.230 e. The van der Waals surface area contributed by atoms with Crippen LogP contribution in [-0.2, 0) is 4.79 Å². The van der Waals surface area contributed by atoms with Crippen LogP contribution >= 0.6 is 0 Å². The summed E-state index contributed by atoms with van der Waals surface area (Å²) in [6.07, 6.45) is 0.660. The van der Waals surface area contributed by atoms with E-state index in [0.717, 1.165) is 22.6 Å². The summed E-state index contributed by atoms with van der Waals surface area (Å²) in [5.74, 6) is 0.822. The number of rotatable bonds is 5. The summed E-state index contributed by atoms with van der Waals surface area (Å²) < 4.78 is 5.26. The summed E-state index contributed by atoms with van der Waals surface area (Å²) in [6, 6.07) is 3.74. The number of nitrogens with one attached hydrogen (secondary N) is 1. The molecule has 106 valence electrons. The Bertz CT molecular complexity index is 467. The molecule has 0 saturated heterocycles. The summed E-state index contributed by atoms with van der Waals surface area (Å²) >= 11 is 0. The highest BCUT2D eigenvalue weighted by Crippen LogP contribution is 2.29. The minimum Gasteiger partial charge on any atom is -0.496 e. The zero-order chi connectivity index (χ0) is 14.6. The predicted molar refractivity (Wildman–Crippen MR) is 78.6 cm³/mol. The van der Waals surface area contributed by atoms with Crippen molar-refractivity contribution < 1.29 is 9.53 Å². The number of methoxy groups -OCH3 is 1. The molecular formula is C15H24N2O2. The van der Waals surface area contributed by atoms with Crippen molar-refractivity contribution in [3.8, 4) is 5.75 Å². The highest BCUT2D eigenvalue weighted by Gasteiger charge is 2.27. The van der Waals surface area contributed by atoms with Gasteiger partial charge >= 0.3 is 0 Å². The number of carbonyl (C=O) groups is 1. The van der Waals surface area contributed by atoms with Crippen LogP contribution in [0.2, 0.25) is 0 Å². The Morgan fingerprint density at radius 2 is 1.95 bits per heavy atom. The SMILES string of the molecule is COc1ccc(NC(=O)C(C)(C)CCN)c(C)c1C. The van der Waals surface area contributed by atoms with E-state index in [-0.39, 0.29) is 5.91 Å². The summed E-state index contributed by atoms with van der Waals surface area (Å²) in [6.45, 7) is 8.26. The highest BCUT2D eigenvalue weighted by atomic mass is 16.5. The maximum absolute atomic E-state index is 12.2. The van der Waals surface area contributed by atoms with Gasteiger partial charge in [0.05, 0.1) is 7.11 Å². The standard InChI is InChI=1S/C15H24N2O2/c1-10-11(2)13(19-5)7-6-12(10)17-14(18)15(3,4)8-9-16/h6-7H,8-9,16H2,1-5H3,(H,17,18). The number of hydrogen-bond acceptors (Lipinski definition) is 3. The summed E-state index contributed by atoms with van der Waals surface area (Å²) in [5.41, 5.74) is 7.97. The minimum absolute atomic E-state index is 0.00869. The Hall–Kier alpha value is -1.55. The summed E-state index contributed by atoms with van der Waals surface area (Å²) in [5, 5.41) is 2.98. The Kier molecular flexibility index (Phi) is 4.95. The third-order valence-electron chi connectivity index (χ3n) is 3.59. The number of benzene rings is 1. The number of hydrogen-bond donors (Lipinski definition) is 2. The van der Waals surface area contributed by atoms with E-state index in [0.29, 0.717) is 13.0 Å². The molecule has 4 nitrogen and oxygen atoms in total. The molecule has 0 radical (unpaired) electrons. The van der Waals surface area contributed by atoms with E-state index in [1.807, 2.05) is 39.8 Å². The van der Waals surface area contributed by atoms with Crippen LogP contribution in [0.3, 0.4) is 0 Å². The fourth-order valence-corrected chi connectivity index (χ4v) is 1.92. The lowest BCUT2D eigenvalue weighted by molar-refractivity contribution is -0.124. The molecule has 0 atom stereocenters. The van der Waals surface area contributed by atoms with E-state index < -0.39 is 5.41 Å². The molecule has 0 saturated carbocycles. The quantitative estimate of drug-likeness (QED) is 0.859. The van der Waals surface area contributed by atoms with Gasteiger partial charge in [-0.1, -0.05) is 13.8 Å². The first kappa shape index (κ1) is 15.5. The van der Waals surface area contributed by atoms with Gasteiger partial charge in [-0.05, 0) is 50.1 Å². The molecule has 0 aliphatic heterocycles. The monoisotopic (exact) mass is 264 g/mol. The van der Waals surface area contributed by atoms with Crippen LogP contribution in [0.5, 0.6) is 5.75 Å². The Morgan fingerprint density at radius 1 is 1.32 bits per heavy atom. The molecule has 1 aromatic carbocycles. The second kappa shape index (κ2) is 6.06. The van der Waals surface area contributed by atoms with Crippen LogP contribution < -0.4 is 15.8 Å². The molecule has 1 aromatic rings. The molecule has 0 aliphatic carbocycles. The molecule has 3 N–H and O–H groups in total. The van der Waals surface area contributed by atoms with Crippen molar-refractivity contribution in [3.05, 3.63) is 23.3 Å². The first-order chi connectivity index (χ1) is 8.83. The number of anilines is 1. The molecule has 0 aliphatic rings. The van der Waals surface area contributed by atoms with Crippen LogP contribution in [0, 0.1) is 19.3 Å². The molecule has 0 bridgehead atoms. The maximum Gasteiger partial charge on any atom is 0.230 e. The maximum atomic E-state index is 12.2. The van der Waals surface area contributed by atoms with Crippen LogP contribution in [-0.4, -0.2) is 19.6 Å². The summed E-state index contributed by atoms with van der Waals surface area (Å²) in [7, 11) is 1.64. The summed E-state index contributed by atoms with van der Waals surface area (Å²) in [4.78, 5) is 12.2. The largest absolute Gasteiger partial charge is 0.496 e. The van der Waals surface area contributed by atoms with Gasteiger partial charge in [0.1, 0.15) is 5.75 Å². The van der Waals surface area contributed by atoms with E-state index >= 15 is 0 Å². The molecular weight excluding hydrogens is 240 g/mol. The average molecular weight is 264 g/mol. The third-order valence-corrected chi connectivity index (χ3v) is 3.59. The molecule has 4 heteroatoms. The number of ether oxygens (including phenoxy) is 1. The third kappa shape index (κ3) is 3.47. The molecule has 0 heterocycles. The lowest BCUT2D eigenvalue weighted by atomic mass is 9.88. The van der Waals surface area contributed by atoms with Crippen molar-refractivity contribution in [3.63, 3.8) is 0 Å². The molecule has 0 fully saturated rings. The number of amides is 1. The molecule has 0 aromatic heterocycles. The van der Waals surface area contributed by atoms with E-state index in [4.69, 9.17) is 10.5 Å². The molecule has 0 unspecified atom stereocenters. The van der Waals surface area contributed by atoms with Crippen molar-refractivity contribution in [2.24, 2.45) is 11.1 Å². The van der Waals surface area contributed by atoms with E-state index in [2.05, 4.69) is 5.32 Å². The van der Waals surface area contributed by atoms with Crippen molar-refractivity contribution in [2.75, 3.05) is 19.0 Å². The Morgan fingerprint density at radius 3 is 2.47 bits per heavy atom. The normalized spacial score (nSPS) is 11.3. The van der Waals surface area contributed by atoms with Gasteiger partial charge in [0.2, 0.25) is 5.91 Å². The van der Waals surface area contributed by atoms with Gasteiger partial charge in [0, 0.05) is 11.1 Å². The van der Waals surface area contributed by atoms with Gasteiger partial charge < -0.3 is 15.8 Å². The lowest BCUT2D eigenvalue weighted by Crippen LogP contribution is -2.33. The number of carbonyl (C=O) groups excluding carboxylic acids is 1. The Balaban J connectivity index is 2.95. The van der Waals surface area contributed by atoms with Crippen molar-refractivity contribution in [2.45, 2.75) is 34.1 Å². The van der Waals surface area contributed by atoms with Gasteiger partial charge in [0.25, 0.3) is 0 Å². The molecule has 1 rings (SSSR count). The van der Waals surface area contributed by atoms with Crippen LogP contribution in [0.15, 0.2) is 12.1 Å². The molecule has 0 spiro atoms. The van der Waals surface area contributed by atoms with Gasteiger partial charge in [-0.25, -0.2) is 0 Å². The average Bonchev–Trinajstić information content (AvgIpc) is 2.35. The first-order valence-electron chi connectivity index (χ1n) is 6.49. The predicted octanol–water partition coefficient (Wildman–Crippen LogP) is 2.63. The van der Waals surface area contributed by atoms with Crippen LogP contribution in [0.25, 0.3) is 0 Å². The lowest BCUT2D eigenvalue weighted by Gasteiger charge is -2.24. The minimum atomic E-state index is -0.463. The fraction of sp³-hybridized carbons (Fsp3) is 0.533. The van der Waals surface area contributed by atoms with E-state index in [1.165, 1.54) is 0 Å². The van der Waals surface area contributed by atoms with Gasteiger partial charge in [0.15, 0.2) is 0 Å². The van der Waals surface area contributed by atoms with Crippen molar-refractivity contribution in [1.82, 2.24) is 0 Å². The van der Waals surface area contributed by atoms with Gasteiger partial charge in [-0.3, -0.25) is 4.79 Å². The molecule has 19 heavy (non-hydrogen) atoms. The van der Waals surface area contributed by atoms with Crippen molar-refractivity contribution >= 4 is 11.6 Å². The van der Waals surface area contributed by atoms with Gasteiger partial charge in [-0.15, -0.1) is 0 Å². The first-order valence-corrected chi connectivity index (χ1v) is 6.49. The number of nitrogens with two attached hydrogens (primary N) is 1. The molecule has 1 amide bonds. The topological polar surface area (TPSA) is 64.3 Å². The van der Waals surface area contributed by atoms with Crippen molar-refractivity contribution in [1.29, 1.82) is 0 Å². The highest BCUT2D eigenvalue weighted by molar-refractivity contribution is 5.95. The Labute approximate surface area is 115 Å². The van der Waals surface area contributed by atoms with Crippen LogP contribution in [0.4, 0.5) is 5.69 Å². The van der Waals surface area contributed by atoms with E-state index in [1.54, 1.807) is 7.11 Å².